The molecule has 1 amide bonds. The van der Waals surface area contributed by atoms with E-state index in [0.29, 0.717) is 49.1 Å². The van der Waals surface area contributed by atoms with Crippen LogP contribution in [0.3, 0.4) is 0 Å². The summed E-state index contributed by atoms with van der Waals surface area (Å²) in [5, 5.41) is 5.66. The molecule has 0 saturated heterocycles. The van der Waals surface area contributed by atoms with Crippen molar-refractivity contribution in [3.63, 3.8) is 0 Å². The van der Waals surface area contributed by atoms with Crippen molar-refractivity contribution in [2.24, 2.45) is 0 Å². The molecule has 0 radical (unpaired) electrons. The topological polar surface area (TPSA) is 63.2 Å². The molecule has 1 saturated carbocycles. The molecule has 34 heavy (non-hydrogen) atoms. The summed E-state index contributed by atoms with van der Waals surface area (Å²) in [7, 11) is 1.52. The van der Waals surface area contributed by atoms with E-state index in [1.165, 1.54) is 7.11 Å². The number of amides is 1. The van der Waals surface area contributed by atoms with Crippen LogP contribution in [0.15, 0.2) is 36.4 Å². The predicted octanol–water partition coefficient (Wildman–Crippen LogP) is 5.51. The SMILES string of the molecule is COc1ccc(C(=O)NC2CCC(Nc3cc(C(F)(F)F)nc(C(F)(F)F)c3)CC2)cc1.S.S. The Morgan fingerprint density at radius 3 is 1.79 bits per heavy atom. The number of carbonyl (C=O) groups excluding carboxylic acids is 1. The van der Waals surface area contributed by atoms with Crippen LogP contribution in [0.4, 0.5) is 32.0 Å². The third-order valence-corrected chi connectivity index (χ3v) is 5.19. The number of halogens is 6. The molecule has 190 valence electrons. The average molecular weight is 530 g/mol. The van der Waals surface area contributed by atoms with E-state index in [0.717, 1.165) is 0 Å². The minimum absolute atomic E-state index is 0. The van der Waals surface area contributed by atoms with Gasteiger partial charge in [0, 0.05) is 23.3 Å². The van der Waals surface area contributed by atoms with Gasteiger partial charge >= 0.3 is 12.4 Å². The number of alkyl halides is 6. The summed E-state index contributed by atoms with van der Waals surface area (Å²) < 4.78 is 82.8. The van der Waals surface area contributed by atoms with Gasteiger partial charge in [-0.05, 0) is 62.1 Å². The van der Waals surface area contributed by atoms with E-state index < -0.39 is 23.7 Å². The molecule has 1 aliphatic rings. The first-order chi connectivity index (χ1) is 15.0. The third kappa shape index (κ3) is 7.90. The van der Waals surface area contributed by atoms with E-state index in [1.807, 2.05) is 0 Å². The van der Waals surface area contributed by atoms with E-state index in [2.05, 4.69) is 15.6 Å². The van der Waals surface area contributed by atoms with Crippen LogP contribution in [0.25, 0.3) is 0 Å². The lowest BCUT2D eigenvalue weighted by molar-refractivity contribution is -0.150. The highest BCUT2D eigenvalue weighted by atomic mass is 32.1. The van der Waals surface area contributed by atoms with Crippen LogP contribution in [0.2, 0.25) is 0 Å². The van der Waals surface area contributed by atoms with Crippen LogP contribution in [0.5, 0.6) is 5.75 Å². The number of methoxy groups -OCH3 is 1. The summed E-state index contributed by atoms with van der Waals surface area (Å²) >= 11 is 0. The molecule has 0 spiro atoms. The summed E-state index contributed by atoms with van der Waals surface area (Å²) in [6.07, 6.45) is -7.99. The summed E-state index contributed by atoms with van der Waals surface area (Å²) in [6, 6.07) is 7.26. The van der Waals surface area contributed by atoms with Gasteiger partial charge in [0.15, 0.2) is 0 Å². The highest BCUT2D eigenvalue weighted by Gasteiger charge is 2.39. The second kappa shape index (κ2) is 11.9. The number of benzene rings is 1. The predicted molar refractivity (Wildman–Crippen MR) is 125 cm³/mol. The zero-order valence-corrected chi connectivity index (χ0v) is 20.0. The summed E-state index contributed by atoms with van der Waals surface area (Å²) in [4.78, 5) is 15.1. The average Bonchev–Trinajstić information content (AvgIpc) is 2.73. The molecule has 1 heterocycles. The van der Waals surface area contributed by atoms with Gasteiger partial charge in [0.1, 0.15) is 17.1 Å². The Balaban J connectivity index is 0.00000289. The second-order valence-electron chi connectivity index (χ2n) is 7.52. The highest BCUT2D eigenvalue weighted by molar-refractivity contribution is 7.59. The summed E-state index contributed by atoms with van der Waals surface area (Å²) in [5.74, 6) is 0.356. The normalized spacial score (nSPS) is 18.2. The van der Waals surface area contributed by atoms with Gasteiger partial charge < -0.3 is 15.4 Å². The van der Waals surface area contributed by atoms with Gasteiger partial charge in [-0.1, -0.05) is 0 Å². The number of hydrogen-bond acceptors (Lipinski definition) is 4. The Morgan fingerprint density at radius 1 is 0.882 bits per heavy atom. The molecule has 3 rings (SSSR count). The fourth-order valence-electron chi connectivity index (χ4n) is 3.53. The lowest BCUT2D eigenvalue weighted by Crippen LogP contribution is -2.40. The number of anilines is 1. The Morgan fingerprint density at radius 2 is 1.35 bits per heavy atom. The quantitative estimate of drug-likeness (QED) is 0.502. The number of rotatable bonds is 5. The van der Waals surface area contributed by atoms with Crippen LogP contribution in [-0.4, -0.2) is 30.1 Å². The number of aromatic nitrogens is 1. The van der Waals surface area contributed by atoms with Gasteiger partial charge in [0.2, 0.25) is 0 Å². The van der Waals surface area contributed by atoms with Crippen molar-refractivity contribution in [3.8, 4) is 5.75 Å². The van der Waals surface area contributed by atoms with E-state index in [-0.39, 0.29) is 50.7 Å². The maximum Gasteiger partial charge on any atom is 0.433 e. The van der Waals surface area contributed by atoms with Crippen molar-refractivity contribution in [2.75, 3.05) is 12.4 Å². The second-order valence-corrected chi connectivity index (χ2v) is 7.52. The molecule has 5 nitrogen and oxygen atoms in total. The maximum absolute atomic E-state index is 13.0. The minimum atomic E-state index is -5.00. The Bertz CT molecular complexity index is 915. The Hall–Kier alpha value is -2.28. The third-order valence-electron chi connectivity index (χ3n) is 5.19. The number of pyridine rings is 1. The van der Waals surface area contributed by atoms with Crippen molar-refractivity contribution in [1.29, 1.82) is 0 Å². The molecule has 1 aromatic carbocycles. The first-order valence-electron chi connectivity index (χ1n) is 9.83. The van der Waals surface area contributed by atoms with Gasteiger partial charge in [-0.2, -0.15) is 53.3 Å². The molecule has 1 aromatic heterocycles. The molecule has 0 bridgehead atoms. The van der Waals surface area contributed by atoms with E-state index in [9.17, 15) is 31.1 Å². The molecule has 13 heteroatoms. The fraction of sp³-hybridized carbons (Fsp3) is 0.429. The number of nitrogens with zero attached hydrogens (tertiary/aromatic N) is 1. The first-order valence-corrected chi connectivity index (χ1v) is 9.83. The Kier molecular flexibility index (Phi) is 10.4. The molecule has 1 fully saturated rings. The summed E-state index contributed by atoms with van der Waals surface area (Å²) in [6.45, 7) is 0. The number of hydrogen-bond donors (Lipinski definition) is 2. The fourth-order valence-corrected chi connectivity index (χ4v) is 3.53. The smallest absolute Gasteiger partial charge is 0.433 e. The zero-order chi connectivity index (χ0) is 23.5. The Labute approximate surface area is 206 Å². The minimum Gasteiger partial charge on any atom is -0.497 e. The molecule has 2 N–H and O–H groups in total. The molecule has 0 unspecified atom stereocenters. The van der Waals surface area contributed by atoms with Crippen LogP contribution in [-0.2, 0) is 12.4 Å². The van der Waals surface area contributed by atoms with Crippen molar-refractivity contribution in [3.05, 3.63) is 53.3 Å². The van der Waals surface area contributed by atoms with Crippen LogP contribution in [0, 0.1) is 0 Å². The van der Waals surface area contributed by atoms with Crippen molar-refractivity contribution in [2.45, 2.75) is 50.1 Å². The number of nitrogens with one attached hydrogen (secondary N) is 2. The highest BCUT2D eigenvalue weighted by Crippen LogP contribution is 2.35. The van der Waals surface area contributed by atoms with Gasteiger partial charge in [-0.15, -0.1) is 0 Å². The summed E-state index contributed by atoms with van der Waals surface area (Å²) in [5.41, 5.74) is -3.03. The van der Waals surface area contributed by atoms with Gasteiger partial charge in [0.05, 0.1) is 7.11 Å². The van der Waals surface area contributed by atoms with Gasteiger partial charge in [-0.3, -0.25) is 4.79 Å². The number of carbonyl (C=O) groups is 1. The van der Waals surface area contributed by atoms with Gasteiger partial charge in [0.25, 0.3) is 5.91 Å². The van der Waals surface area contributed by atoms with E-state index >= 15 is 0 Å². The van der Waals surface area contributed by atoms with E-state index in [1.54, 1.807) is 24.3 Å². The van der Waals surface area contributed by atoms with Crippen LogP contribution in [0.1, 0.15) is 47.4 Å². The standard InChI is InChI=1S/C21H21F6N3O2.2H2S/c1-32-16-8-2-12(3-9-16)19(31)29-14-6-4-13(5-7-14)28-15-10-17(20(22,23)24)30-18(11-15)21(25,26)27;;/h2-3,8-11,13-14H,4-7H2,1H3,(H,28,30)(H,29,31);2*1H2. The molecule has 2 aromatic rings. The molecule has 1 aliphatic carbocycles. The first kappa shape index (κ1) is 29.8. The van der Waals surface area contributed by atoms with Crippen molar-refractivity contribution in [1.82, 2.24) is 10.3 Å². The lowest BCUT2D eigenvalue weighted by atomic mass is 9.90. The molecular formula is C21H25F6N3O2S2. The molecular weight excluding hydrogens is 504 g/mol. The van der Waals surface area contributed by atoms with Crippen LogP contribution < -0.4 is 15.4 Å². The van der Waals surface area contributed by atoms with Gasteiger partial charge in [-0.25, -0.2) is 4.98 Å². The largest absolute Gasteiger partial charge is 0.497 e. The van der Waals surface area contributed by atoms with Crippen LogP contribution >= 0.6 is 27.0 Å². The van der Waals surface area contributed by atoms with E-state index in [4.69, 9.17) is 4.74 Å². The monoisotopic (exact) mass is 529 g/mol. The molecule has 0 atom stereocenters. The molecule has 0 aliphatic heterocycles. The van der Waals surface area contributed by atoms with Crippen molar-refractivity contribution >= 4 is 38.6 Å². The number of ether oxygens (including phenoxy) is 1. The zero-order valence-electron chi connectivity index (χ0n) is 18.0. The maximum atomic E-state index is 13.0. The van der Waals surface area contributed by atoms with Crippen molar-refractivity contribution < 1.29 is 35.9 Å². The lowest BCUT2D eigenvalue weighted by Gasteiger charge is -2.30.